The van der Waals surface area contributed by atoms with Crippen molar-refractivity contribution in [2.24, 2.45) is 0 Å². The molecule has 0 aliphatic carbocycles. The first-order chi connectivity index (χ1) is 17.8. The van der Waals surface area contributed by atoms with Crippen molar-refractivity contribution < 1.29 is 22.3 Å². The quantitative estimate of drug-likeness (QED) is 0.334. The molecule has 0 amide bonds. The lowest BCUT2D eigenvalue weighted by Gasteiger charge is -2.17. The molecule has 0 aliphatic heterocycles. The van der Waals surface area contributed by atoms with Gasteiger partial charge in [0.1, 0.15) is 28.8 Å². The number of benzene rings is 2. The van der Waals surface area contributed by atoms with Crippen molar-refractivity contribution >= 4 is 15.5 Å². The van der Waals surface area contributed by atoms with E-state index < -0.39 is 21.4 Å². The Hall–Kier alpha value is -4.50. The van der Waals surface area contributed by atoms with Crippen LogP contribution in [0.2, 0.25) is 0 Å². The Balaban J connectivity index is 1.78. The van der Waals surface area contributed by atoms with Gasteiger partial charge < -0.3 is 14.5 Å². The first-order valence-electron chi connectivity index (χ1n) is 11.0. The zero-order chi connectivity index (χ0) is 26.6. The van der Waals surface area contributed by atoms with Gasteiger partial charge >= 0.3 is 0 Å². The molecule has 0 bridgehead atoms. The molecule has 0 spiro atoms. The van der Waals surface area contributed by atoms with Crippen LogP contribution < -0.4 is 15.0 Å². The SMILES string of the molecule is [C-]#[N+]c1cc(F)ccc1CCS(=O)(=O)Cc1nnc(-c2cccc(=O)[nH]2)n1-c1c(OC)cccc1OC. The molecule has 0 radical (unpaired) electrons. The van der Waals surface area contributed by atoms with Gasteiger partial charge in [-0.25, -0.2) is 17.7 Å². The Bertz CT molecular complexity index is 1630. The van der Waals surface area contributed by atoms with E-state index in [1.54, 1.807) is 30.3 Å². The normalized spacial score (nSPS) is 11.2. The van der Waals surface area contributed by atoms with E-state index in [0.717, 1.165) is 6.07 Å². The number of nitrogens with one attached hydrogen (secondary N) is 1. The van der Waals surface area contributed by atoms with Gasteiger partial charge in [0.15, 0.2) is 27.2 Å². The Morgan fingerprint density at radius 3 is 2.41 bits per heavy atom. The standard InChI is InChI=1S/C25H22FN5O5S/c1-27-19-14-17(26)11-10-16(19)12-13-37(33,34)15-22-29-30-25(18-6-4-9-23(32)28-18)31(22)24-20(35-2)7-5-8-21(24)36-3/h4-11,14H,12-13,15H2,2-3H3,(H,28,32). The van der Waals surface area contributed by atoms with Gasteiger partial charge in [-0.2, -0.15) is 0 Å². The molecule has 2 aromatic carbocycles. The highest BCUT2D eigenvalue weighted by molar-refractivity contribution is 7.90. The van der Waals surface area contributed by atoms with Crippen molar-refractivity contribution in [2.45, 2.75) is 12.2 Å². The maximum atomic E-state index is 13.5. The molecule has 0 unspecified atom stereocenters. The number of aromatic nitrogens is 4. The fourth-order valence-electron chi connectivity index (χ4n) is 3.84. The van der Waals surface area contributed by atoms with E-state index in [4.69, 9.17) is 16.0 Å². The molecule has 2 aromatic heterocycles. The van der Waals surface area contributed by atoms with Gasteiger partial charge in [0.25, 0.3) is 0 Å². The summed E-state index contributed by atoms with van der Waals surface area (Å²) in [6.07, 6.45) is 0.0192. The highest BCUT2D eigenvalue weighted by Crippen LogP contribution is 2.36. The molecule has 10 nitrogen and oxygen atoms in total. The van der Waals surface area contributed by atoms with Crippen molar-refractivity contribution in [1.29, 1.82) is 0 Å². The summed E-state index contributed by atoms with van der Waals surface area (Å²) in [4.78, 5) is 17.9. The molecular weight excluding hydrogens is 501 g/mol. The molecular formula is C25H22FN5O5S. The number of methoxy groups -OCH3 is 2. The van der Waals surface area contributed by atoms with Gasteiger partial charge in [-0.15, -0.1) is 10.2 Å². The summed E-state index contributed by atoms with van der Waals surface area (Å²) in [6, 6.07) is 13.2. The molecule has 4 rings (SSSR count). The predicted octanol–water partition coefficient (Wildman–Crippen LogP) is 3.49. The summed E-state index contributed by atoms with van der Waals surface area (Å²) in [5.41, 5.74) is 0.784. The molecule has 4 aromatic rings. The summed E-state index contributed by atoms with van der Waals surface area (Å²) >= 11 is 0. The van der Waals surface area contributed by atoms with Crippen molar-refractivity contribution in [2.75, 3.05) is 20.0 Å². The van der Waals surface area contributed by atoms with Crippen LogP contribution in [0.25, 0.3) is 22.1 Å². The summed E-state index contributed by atoms with van der Waals surface area (Å²) in [5, 5.41) is 8.32. The molecule has 190 valence electrons. The molecule has 12 heteroatoms. The summed E-state index contributed by atoms with van der Waals surface area (Å²) in [6.45, 7) is 7.23. The number of halogens is 1. The number of pyridine rings is 1. The third-order valence-corrected chi connectivity index (χ3v) is 7.09. The van der Waals surface area contributed by atoms with Crippen molar-refractivity contribution in [3.63, 3.8) is 0 Å². The van der Waals surface area contributed by atoms with E-state index in [1.807, 2.05) is 0 Å². The number of rotatable bonds is 9. The van der Waals surface area contributed by atoms with Crippen LogP contribution in [0.5, 0.6) is 11.5 Å². The maximum Gasteiger partial charge on any atom is 0.248 e. The van der Waals surface area contributed by atoms with Crippen LogP contribution >= 0.6 is 0 Å². The number of aromatic amines is 1. The van der Waals surface area contributed by atoms with Crippen molar-refractivity contribution in [1.82, 2.24) is 19.7 Å². The van der Waals surface area contributed by atoms with Crippen LogP contribution in [-0.4, -0.2) is 48.1 Å². The predicted molar refractivity (Wildman–Crippen MR) is 134 cm³/mol. The Morgan fingerprint density at radius 1 is 1.05 bits per heavy atom. The number of ether oxygens (including phenoxy) is 2. The first kappa shape index (κ1) is 25.6. The van der Waals surface area contributed by atoms with E-state index >= 15 is 0 Å². The maximum absolute atomic E-state index is 13.5. The zero-order valence-electron chi connectivity index (χ0n) is 19.9. The first-order valence-corrected chi connectivity index (χ1v) is 12.8. The van der Waals surface area contributed by atoms with Gasteiger partial charge in [-0.3, -0.25) is 9.36 Å². The summed E-state index contributed by atoms with van der Waals surface area (Å²) in [7, 11) is -0.870. The molecule has 0 atom stereocenters. The van der Waals surface area contributed by atoms with Crippen molar-refractivity contribution in [3.8, 4) is 28.7 Å². The molecule has 37 heavy (non-hydrogen) atoms. The molecule has 0 aliphatic rings. The lowest BCUT2D eigenvalue weighted by molar-refractivity contribution is 0.390. The monoisotopic (exact) mass is 523 g/mol. The number of sulfone groups is 1. The van der Waals surface area contributed by atoms with Gasteiger partial charge in [-0.05, 0) is 42.3 Å². The second-order valence-electron chi connectivity index (χ2n) is 7.94. The van der Waals surface area contributed by atoms with E-state index in [9.17, 15) is 17.6 Å². The minimum Gasteiger partial charge on any atom is -0.494 e. The minimum atomic E-state index is -3.79. The Labute approximate surface area is 212 Å². The second kappa shape index (κ2) is 10.6. The minimum absolute atomic E-state index is 0.0192. The lowest BCUT2D eigenvalue weighted by Crippen LogP contribution is -2.16. The number of nitrogens with zero attached hydrogens (tertiary/aromatic N) is 4. The molecule has 1 N–H and O–H groups in total. The zero-order valence-corrected chi connectivity index (χ0v) is 20.8. The average Bonchev–Trinajstić information content (AvgIpc) is 3.29. The average molecular weight is 524 g/mol. The van der Waals surface area contributed by atoms with Crippen LogP contribution in [0, 0.1) is 12.4 Å². The number of hydrogen-bond acceptors (Lipinski definition) is 7. The summed E-state index contributed by atoms with van der Waals surface area (Å²) in [5.74, 6) is -0.411. The molecule has 0 saturated heterocycles. The van der Waals surface area contributed by atoms with Gasteiger partial charge in [0.05, 0.1) is 32.2 Å². The van der Waals surface area contributed by atoms with Crippen LogP contribution in [0.4, 0.5) is 10.1 Å². The topological polar surface area (TPSA) is 121 Å². The highest BCUT2D eigenvalue weighted by Gasteiger charge is 2.26. The largest absolute Gasteiger partial charge is 0.494 e. The van der Waals surface area contributed by atoms with E-state index in [0.29, 0.717) is 28.4 Å². The molecule has 0 fully saturated rings. The van der Waals surface area contributed by atoms with Crippen LogP contribution in [0.1, 0.15) is 11.4 Å². The third-order valence-electron chi connectivity index (χ3n) is 5.56. The Kier molecular flexibility index (Phi) is 7.35. The van der Waals surface area contributed by atoms with E-state index in [2.05, 4.69) is 20.0 Å². The number of aryl methyl sites for hydroxylation is 1. The summed E-state index contributed by atoms with van der Waals surface area (Å²) < 4.78 is 52.3. The fourth-order valence-corrected chi connectivity index (χ4v) is 5.09. The molecule has 2 heterocycles. The van der Waals surface area contributed by atoms with Crippen LogP contribution in [0.15, 0.2) is 59.4 Å². The van der Waals surface area contributed by atoms with Crippen molar-refractivity contribution in [3.05, 3.63) is 93.6 Å². The van der Waals surface area contributed by atoms with Crippen LogP contribution in [0.3, 0.4) is 0 Å². The van der Waals surface area contributed by atoms with E-state index in [-0.39, 0.29) is 35.1 Å². The molecule has 0 saturated carbocycles. The lowest BCUT2D eigenvalue weighted by atomic mass is 10.1. The van der Waals surface area contributed by atoms with Crippen LogP contribution in [-0.2, 0) is 22.0 Å². The second-order valence-corrected chi connectivity index (χ2v) is 10.1. The Morgan fingerprint density at radius 2 is 1.76 bits per heavy atom. The van der Waals surface area contributed by atoms with E-state index in [1.165, 1.54) is 37.0 Å². The highest BCUT2D eigenvalue weighted by atomic mass is 32.2. The number of H-pyrrole nitrogens is 1. The van der Waals surface area contributed by atoms with Gasteiger partial charge in [0.2, 0.25) is 5.56 Å². The smallest absolute Gasteiger partial charge is 0.248 e. The third kappa shape index (κ3) is 5.52. The van der Waals surface area contributed by atoms with Gasteiger partial charge in [-0.1, -0.05) is 18.2 Å². The number of para-hydroxylation sites is 1. The number of hydrogen-bond donors (Lipinski definition) is 1. The van der Waals surface area contributed by atoms with Gasteiger partial charge in [0, 0.05) is 6.07 Å². The fraction of sp³-hybridized carbons (Fsp3) is 0.200.